The summed E-state index contributed by atoms with van der Waals surface area (Å²) in [5, 5.41) is 3.12. The number of benzene rings is 2. The Kier molecular flexibility index (Phi) is 10.4. The fourth-order valence-electron chi connectivity index (χ4n) is 4.25. The van der Waals surface area contributed by atoms with Crippen LogP contribution in [0, 0.1) is 13.8 Å². The van der Waals surface area contributed by atoms with Crippen LogP contribution in [0.4, 0.5) is 13.2 Å². The van der Waals surface area contributed by atoms with Gasteiger partial charge in [0.2, 0.25) is 0 Å². The van der Waals surface area contributed by atoms with Crippen molar-refractivity contribution in [1.29, 1.82) is 0 Å². The molecular weight excluding hydrogens is 551 g/mol. The van der Waals surface area contributed by atoms with E-state index in [-0.39, 0.29) is 18.9 Å². The van der Waals surface area contributed by atoms with Crippen molar-refractivity contribution in [1.82, 2.24) is 5.32 Å². The number of carbonyl (C=O) groups is 2. The van der Waals surface area contributed by atoms with Crippen molar-refractivity contribution < 1.29 is 32.2 Å². The Balaban J connectivity index is 1.83. The highest BCUT2D eigenvalue weighted by Gasteiger charge is 2.30. The normalized spacial score (nSPS) is 12.2. The molecule has 1 unspecified atom stereocenters. The molecule has 0 fully saturated rings. The highest BCUT2D eigenvalue weighted by Crippen LogP contribution is 2.40. The van der Waals surface area contributed by atoms with E-state index < -0.39 is 23.8 Å². The lowest BCUT2D eigenvalue weighted by molar-refractivity contribution is -0.140. The van der Waals surface area contributed by atoms with Crippen LogP contribution < -0.4 is 10.1 Å². The van der Waals surface area contributed by atoms with Gasteiger partial charge in [-0.1, -0.05) is 37.1 Å². The van der Waals surface area contributed by atoms with Gasteiger partial charge in [-0.3, -0.25) is 9.59 Å². The zero-order valence-corrected chi connectivity index (χ0v) is 23.8. The first kappa shape index (κ1) is 30.5. The summed E-state index contributed by atoms with van der Waals surface area (Å²) in [6, 6.07) is 10.4. The van der Waals surface area contributed by atoms with Crippen molar-refractivity contribution in [2.75, 3.05) is 13.7 Å². The van der Waals surface area contributed by atoms with Crippen molar-refractivity contribution in [3.8, 4) is 16.9 Å². The number of carbonyl (C=O) groups excluding carboxylic acids is 2. The second kappa shape index (κ2) is 13.3. The van der Waals surface area contributed by atoms with Gasteiger partial charge in [0.1, 0.15) is 11.9 Å². The zero-order chi connectivity index (χ0) is 28.7. The molecule has 1 N–H and O–H groups in total. The number of esters is 1. The van der Waals surface area contributed by atoms with Crippen LogP contribution in [0.1, 0.15) is 70.0 Å². The lowest BCUT2D eigenvalue weighted by Crippen LogP contribution is -2.25. The molecule has 0 spiro atoms. The van der Waals surface area contributed by atoms with Crippen LogP contribution in [-0.4, -0.2) is 25.5 Å². The molecule has 3 aromatic rings. The van der Waals surface area contributed by atoms with E-state index in [1.807, 2.05) is 26.0 Å². The van der Waals surface area contributed by atoms with Gasteiger partial charge in [0.05, 0.1) is 33.9 Å². The Morgan fingerprint density at radius 2 is 1.72 bits per heavy atom. The van der Waals surface area contributed by atoms with Gasteiger partial charge in [-0.15, -0.1) is 11.3 Å². The van der Waals surface area contributed by atoms with E-state index in [0.717, 1.165) is 46.5 Å². The summed E-state index contributed by atoms with van der Waals surface area (Å²) in [5.74, 6) is -0.141. The number of nitrogens with one attached hydrogen (secondary N) is 1. The predicted octanol–water partition coefficient (Wildman–Crippen LogP) is 8.31. The monoisotopic (exact) mass is 581 g/mol. The standard InChI is InChI=1S/C29H31ClF3NO4S/c1-5-6-7-23(27-22(30)16-24(39-27)28(36)34-13-12-25(35)37-4)38-21-14-17(2)26(18(3)15-21)19-8-10-20(11-9-19)29(31,32)33/h8-11,14-16,23H,5-7,12-13H2,1-4H3,(H,34,36). The first-order chi connectivity index (χ1) is 18.4. The first-order valence-electron chi connectivity index (χ1n) is 12.5. The zero-order valence-electron chi connectivity index (χ0n) is 22.2. The number of thiophene rings is 1. The fraction of sp³-hybridized carbons (Fsp3) is 0.379. The number of hydrogen-bond donors (Lipinski definition) is 1. The molecule has 5 nitrogen and oxygen atoms in total. The van der Waals surface area contributed by atoms with Crippen molar-refractivity contribution in [2.45, 2.75) is 58.7 Å². The molecule has 10 heteroatoms. The predicted molar refractivity (Wildman–Crippen MR) is 148 cm³/mol. The van der Waals surface area contributed by atoms with E-state index in [0.29, 0.717) is 27.6 Å². The number of ether oxygens (including phenoxy) is 2. The van der Waals surface area contributed by atoms with Gasteiger partial charge in [-0.05, 0) is 79.3 Å². The van der Waals surface area contributed by atoms with Gasteiger partial charge in [-0.25, -0.2) is 0 Å². The number of methoxy groups -OCH3 is 1. The smallest absolute Gasteiger partial charge is 0.416 e. The van der Waals surface area contributed by atoms with Crippen molar-refractivity contribution in [2.24, 2.45) is 0 Å². The summed E-state index contributed by atoms with van der Waals surface area (Å²) in [4.78, 5) is 25.0. The maximum Gasteiger partial charge on any atom is 0.416 e. The molecule has 1 heterocycles. The number of amides is 1. The number of rotatable bonds is 11. The molecule has 1 atom stereocenters. The molecule has 3 rings (SSSR count). The van der Waals surface area contributed by atoms with Gasteiger partial charge in [-0.2, -0.15) is 13.2 Å². The van der Waals surface area contributed by atoms with Crippen molar-refractivity contribution >= 4 is 34.8 Å². The lowest BCUT2D eigenvalue weighted by atomic mass is 9.94. The summed E-state index contributed by atoms with van der Waals surface area (Å²) in [7, 11) is 1.29. The molecule has 0 aliphatic carbocycles. The molecule has 39 heavy (non-hydrogen) atoms. The first-order valence-corrected chi connectivity index (χ1v) is 13.7. The van der Waals surface area contributed by atoms with Crippen molar-refractivity contribution in [3.63, 3.8) is 0 Å². The topological polar surface area (TPSA) is 64.6 Å². The number of unbranched alkanes of at least 4 members (excludes halogenated alkanes) is 1. The molecule has 0 aliphatic rings. The largest absolute Gasteiger partial charge is 0.485 e. The minimum absolute atomic E-state index is 0.0671. The van der Waals surface area contributed by atoms with E-state index in [2.05, 4.69) is 17.0 Å². The fourth-order valence-corrected chi connectivity index (χ4v) is 5.70. The third-order valence-electron chi connectivity index (χ3n) is 6.18. The number of alkyl halides is 3. The second-order valence-electron chi connectivity index (χ2n) is 9.16. The Hall–Kier alpha value is -3.04. The van der Waals surface area contributed by atoms with E-state index in [1.54, 1.807) is 6.07 Å². The second-order valence-corrected chi connectivity index (χ2v) is 10.7. The molecule has 0 radical (unpaired) electrons. The summed E-state index contributed by atoms with van der Waals surface area (Å²) in [5.41, 5.74) is 2.58. The Morgan fingerprint density at radius 3 is 2.28 bits per heavy atom. The van der Waals surface area contributed by atoms with Crippen LogP contribution in [0.3, 0.4) is 0 Å². The van der Waals surface area contributed by atoms with E-state index in [1.165, 1.54) is 30.6 Å². The molecule has 1 amide bonds. The minimum atomic E-state index is -4.39. The highest BCUT2D eigenvalue weighted by atomic mass is 35.5. The van der Waals surface area contributed by atoms with E-state index in [9.17, 15) is 22.8 Å². The van der Waals surface area contributed by atoms with Crippen LogP contribution >= 0.6 is 22.9 Å². The summed E-state index contributed by atoms with van der Waals surface area (Å²) in [6.45, 7) is 6.00. The molecule has 2 aromatic carbocycles. The third-order valence-corrected chi connectivity index (χ3v) is 7.83. The van der Waals surface area contributed by atoms with Crippen LogP contribution in [0.5, 0.6) is 5.75 Å². The molecule has 0 saturated heterocycles. The molecule has 0 bridgehead atoms. The molecule has 0 saturated carbocycles. The number of halogens is 4. The average molecular weight is 582 g/mol. The molecule has 210 valence electrons. The summed E-state index contributed by atoms with van der Waals surface area (Å²) < 4.78 is 50.0. The number of aryl methyl sites for hydroxylation is 2. The molecular formula is C29H31ClF3NO4S. The lowest BCUT2D eigenvalue weighted by Gasteiger charge is -2.21. The minimum Gasteiger partial charge on any atom is -0.485 e. The Morgan fingerprint density at radius 1 is 1.08 bits per heavy atom. The Bertz CT molecular complexity index is 1280. The van der Waals surface area contributed by atoms with Gasteiger partial charge >= 0.3 is 12.1 Å². The van der Waals surface area contributed by atoms with Gasteiger partial charge in [0, 0.05) is 6.54 Å². The van der Waals surface area contributed by atoms with Gasteiger partial charge in [0.15, 0.2) is 0 Å². The number of hydrogen-bond acceptors (Lipinski definition) is 5. The van der Waals surface area contributed by atoms with Crippen molar-refractivity contribution in [3.05, 3.63) is 73.9 Å². The van der Waals surface area contributed by atoms with Gasteiger partial charge in [0.25, 0.3) is 5.91 Å². The summed E-state index contributed by atoms with van der Waals surface area (Å²) >= 11 is 7.79. The maximum absolute atomic E-state index is 13.0. The van der Waals surface area contributed by atoms with Crippen LogP contribution in [-0.2, 0) is 15.7 Å². The van der Waals surface area contributed by atoms with Gasteiger partial charge < -0.3 is 14.8 Å². The van der Waals surface area contributed by atoms with E-state index >= 15 is 0 Å². The molecule has 1 aromatic heterocycles. The molecule has 0 aliphatic heterocycles. The van der Waals surface area contributed by atoms with Crippen LogP contribution in [0.2, 0.25) is 5.02 Å². The quantitative estimate of drug-likeness (QED) is 0.231. The average Bonchev–Trinajstić information content (AvgIpc) is 3.27. The Labute approximate surface area is 235 Å². The maximum atomic E-state index is 13.0. The third kappa shape index (κ3) is 7.99. The van der Waals surface area contributed by atoms with Crippen LogP contribution in [0.15, 0.2) is 42.5 Å². The summed E-state index contributed by atoms with van der Waals surface area (Å²) in [6.07, 6.45) is -2.22. The SMILES string of the molecule is CCCCC(Oc1cc(C)c(-c2ccc(C(F)(F)F)cc2)c(C)c1)c1sc(C(=O)NCCC(=O)OC)cc1Cl. The highest BCUT2D eigenvalue weighted by molar-refractivity contribution is 7.14. The van der Waals surface area contributed by atoms with Crippen LogP contribution in [0.25, 0.3) is 11.1 Å². The van der Waals surface area contributed by atoms with E-state index in [4.69, 9.17) is 16.3 Å².